The first kappa shape index (κ1) is 17.7. The van der Waals surface area contributed by atoms with Gasteiger partial charge in [0, 0.05) is 32.6 Å². The zero-order chi connectivity index (χ0) is 17.1. The van der Waals surface area contributed by atoms with Crippen molar-refractivity contribution in [3.8, 4) is 0 Å². The second-order valence-electron chi connectivity index (χ2n) is 6.53. The van der Waals surface area contributed by atoms with E-state index < -0.39 is 12.0 Å². The molecule has 0 radical (unpaired) electrons. The molecule has 2 aliphatic heterocycles. The van der Waals surface area contributed by atoms with Gasteiger partial charge in [-0.05, 0) is 14.0 Å². The van der Waals surface area contributed by atoms with E-state index in [0.29, 0.717) is 13.1 Å². The highest BCUT2D eigenvalue weighted by molar-refractivity contribution is 5.90. The number of piperazine rings is 1. The van der Waals surface area contributed by atoms with Crippen LogP contribution in [0.4, 0.5) is 0 Å². The first-order chi connectivity index (χ1) is 10.8. The standard InChI is InChI=1S/C16H27N3O4/c1-5-12(20)23-11(3)13-14(17-15(13)21)10(2)16(22)19-8-6-18(4)7-9-19/h10-11,13-14H,5-9H2,1-4H3,(H,17,21)/t10-,11-,13-,14-/m1/s1. The number of nitrogens with zero attached hydrogens (tertiary/aromatic N) is 2. The zero-order valence-corrected chi connectivity index (χ0v) is 14.4. The molecule has 0 unspecified atom stereocenters. The first-order valence-corrected chi connectivity index (χ1v) is 8.32. The van der Waals surface area contributed by atoms with Gasteiger partial charge in [-0.25, -0.2) is 0 Å². The number of carbonyl (C=O) groups is 3. The number of likely N-dealkylation sites (N-methyl/N-ethyl adjacent to an activating group) is 1. The molecule has 2 rings (SSSR count). The minimum absolute atomic E-state index is 0.0575. The van der Waals surface area contributed by atoms with Crippen LogP contribution >= 0.6 is 0 Å². The smallest absolute Gasteiger partial charge is 0.305 e. The summed E-state index contributed by atoms with van der Waals surface area (Å²) in [5.74, 6) is -1.18. The summed E-state index contributed by atoms with van der Waals surface area (Å²) in [6.07, 6.45) is -0.233. The third kappa shape index (κ3) is 3.83. The van der Waals surface area contributed by atoms with Crippen molar-refractivity contribution in [3.05, 3.63) is 0 Å². The fraction of sp³-hybridized carbons (Fsp3) is 0.812. The molecule has 0 spiro atoms. The lowest BCUT2D eigenvalue weighted by atomic mass is 9.78. The molecule has 1 N–H and O–H groups in total. The molecule has 2 heterocycles. The van der Waals surface area contributed by atoms with E-state index in [1.807, 2.05) is 18.9 Å². The molecule has 2 amide bonds. The highest BCUT2D eigenvalue weighted by Crippen LogP contribution is 2.28. The van der Waals surface area contributed by atoms with Crippen LogP contribution in [0.5, 0.6) is 0 Å². The zero-order valence-electron chi connectivity index (χ0n) is 14.4. The Kier molecular flexibility index (Phi) is 5.62. The highest BCUT2D eigenvalue weighted by Gasteiger charge is 2.49. The van der Waals surface area contributed by atoms with Crippen LogP contribution in [0.3, 0.4) is 0 Å². The van der Waals surface area contributed by atoms with Crippen LogP contribution in [0, 0.1) is 11.8 Å². The second-order valence-corrected chi connectivity index (χ2v) is 6.53. The number of β-lactam (4-membered cyclic amide) rings is 1. The van der Waals surface area contributed by atoms with Crippen LogP contribution < -0.4 is 5.32 Å². The van der Waals surface area contributed by atoms with Crippen molar-refractivity contribution in [3.63, 3.8) is 0 Å². The van der Waals surface area contributed by atoms with Gasteiger partial charge in [-0.2, -0.15) is 0 Å². The number of amides is 2. The first-order valence-electron chi connectivity index (χ1n) is 8.32. The van der Waals surface area contributed by atoms with Gasteiger partial charge < -0.3 is 19.9 Å². The molecular formula is C16H27N3O4. The molecule has 7 heteroatoms. The van der Waals surface area contributed by atoms with Crippen LogP contribution in [0.25, 0.3) is 0 Å². The molecule has 23 heavy (non-hydrogen) atoms. The molecule has 4 atom stereocenters. The number of hydrogen-bond acceptors (Lipinski definition) is 5. The third-order valence-corrected chi connectivity index (χ3v) is 4.85. The van der Waals surface area contributed by atoms with Crippen molar-refractivity contribution >= 4 is 17.8 Å². The number of hydrogen-bond donors (Lipinski definition) is 1. The maximum absolute atomic E-state index is 12.6. The molecule has 130 valence electrons. The van der Waals surface area contributed by atoms with Gasteiger partial charge >= 0.3 is 5.97 Å². The average Bonchev–Trinajstić information content (AvgIpc) is 2.51. The molecule has 0 aromatic rings. The average molecular weight is 325 g/mol. The van der Waals surface area contributed by atoms with Crippen molar-refractivity contribution in [1.82, 2.24) is 15.1 Å². The SMILES string of the molecule is CCC(=O)O[C@H](C)[C@H]1C(=O)N[C@@H]1[C@@H](C)C(=O)N1CCN(C)CC1. The Morgan fingerprint density at radius 1 is 1.26 bits per heavy atom. The fourth-order valence-corrected chi connectivity index (χ4v) is 3.19. The summed E-state index contributed by atoms with van der Waals surface area (Å²) < 4.78 is 5.26. The number of ether oxygens (including phenoxy) is 1. The Morgan fingerprint density at radius 2 is 1.87 bits per heavy atom. The van der Waals surface area contributed by atoms with Crippen molar-refractivity contribution < 1.29 is 19.1 Å². The second kappa shape index (κ2) is 7.29. The summed E-state index contributed by atoms with van der Waals surface area (Å²) in [4.78, 5) is 40.0. The topological polar surface area (TPSA) is 78.9 Å². The van der Waals surface area contributed by atoms with Gasteiger partial charge in [-0.3, -0.25) is 14.4 Å². The predicted molar refractivity (Wildman–Crippen MR) is 84.5 cm³/mol. The Balaban J connectivity index is 1.95. The van der Waals surface area contributed by atoms with Gasteiger partial charge in [0.2, 0.25) is 11.8 Å². The van der Waals surface area contributed by atoms with Crippen LogP contribution in [0.1, 0.15) is 27.2 Å². The Labute approximate surface area is 137 Å². The minimum Gasteiger partial charge on any atom is -0.462 e. The quantitative estimate of drug-likeness (QED) is 0.562. The maximum Gasteiger partial charge on any atom is 0.305 e. The maximum atomic E-state index is 12.6. The summed E-state index contributed by atoms with van der Waals surface area (Å²) in [6.45, 7) is 8.43. The number of esters is 1. The normalized spacial score (nSPS) is 27.7. The van der Waals surface area contributed by atoms with E-state index in [4.69, 9.17) is 4.74 Å². The Hall–Kier alpha value is -1.63. The minimum atomic E-state index is -0.510. The van der Waals surface area contributed by atoms with E-state index in [-0.39, 0.29) is 36.2 Å². The highest BCUT2D eigenvalue weighted by atomic mass is 16.5. The van der Waals surface area contributed by atoms with Gasteiger partial charge in [-0.1, -0.05) is 13.8 Å². The van der Waals surface area contributed by atoms with Gasteiger partial charge in [0.15, 0.2) is 0 Å². The molecule has 0 aromatic carbocycles. The van der Waals surface area contributed by atoms with Crippen LogP contribution in [-0.2, 0) is 19.1 Å². The van der Waals surface area contributed by atoms with E-state index in [2.05, 4.69) is 10.2 Å². The summed E-state index contributed by atoms with van der Waals surface area (Å²) in [5.41, 5.74) is 0. The van der Waals surface area contributed by atoms with Crippen molar-refractivity contribution in [2.24, 2.45) is 11.8 Å². The third-order valence-electron chi connectivity index (χ3n) is 4.85. The lowest BCUT2D eigenvalue weighted by molar-refractivity contribution is -0.160. The van der Waals surface area contributed by atoms with E-state index in [0.717, 1.165) is 13.1 Å². The lowest BCUT2D eigenvalue weighted by Crippen LogP contribution is -2.67. The molecule has 0 bridgehead atoms. The van der Waals surface area contributed by atoms with Crippen LogP contribution in [0.2, 0.25) is 0 Å². The number of nitrogens with one attached hydrogen (secondary N) is 1. The predicted octanol–water partition coefficient (Wildman–Crippen LogP) is -0.147. The van der Waals surface area contributed by atoms with E-state index in [1.54, 1.807) is 13.8 Å². The Morgan fingerprint density at radius 3 is 2.39 bits per heavy atom. The molecule has 0 aromatic heterocycles. The van der Waals surface area contributed by atoms with Crippen molar-refractivity contribution in [2.75, 3.05) is 33.2 Å². The number of rotatable bonds is 5. The van der Waals surface area contributed by atoms with Crippen LogP contribution in [0.15, 0.2) is 0 Å². The fourth-order valence-electron chi connectivity index (χ4n) is 3.19. The van der Waals surface area contributed by atoms with Crippen molar-refractivity contribution in [1.29, 1.82) is 0 Å². The largest absolute Gasteiger partial charge is 0.462 e. The molecular weight excluding hydrogens is 298 g/mol. The molecule has 2 fully saturated rings. The Bertz CT molecular complexity index is 474. The molecule has 7 nitrogen and oxygen atoms in total. The molecule has 0 saturated carbocycles. The van der Waals surface area contributed by atoms with Gasteiger partial charge in [0.1, 0.15) is 6.10 Å². The summed E-state index contributed by atoms with van der Waals surface area (Å²) in [7, 11) is 2.04. The monoisotopic (exact) mass is 325 g/mol. The summed E-state index contributed by atoms with van der Waals surface area (Å²) >= 11 is 0. The molecule has 2 saturated heterocycles. The lowest BCUT2D eigenvalue weighted by Gasteiger charge is -2.44. The molecule has 2 aliphatic rings. The van der Waals surface area contributed by atoms with Gasteiger partial charge in [0.05, 0.1) is 17.9 Å². The van der Waals surface area contributed by atoms with Crippen LogP contribution in [-0.4, -0.2) is 73.0 Å². The summed E-state index contributed by atoms with van der Waals surface area (Å²) in [6, 6.07) is -0.269. The van der Waals surface area contributed by atoms with Gasteiger partial charge in [-0.15, -0.1) is 0 Å². The van der Waals surface area contributed by atoms with E-state index in [9.17, 15) is 14.4 Å². The van der Waals surface area contributed by atoms with Gasteiger partial charge in [0.25, 0.3) is 0 Å². The molecule has 0 aliphatic carbocycles. The summed E-state index contributed by atoms with van der Waals surface area (Å²) in [5, 5.41) is 2.81. The van der Waals surface area contributed by atoms with E-state index in [1.165, 1.54) is 0 Å². The number of carbonyl (C=O) groups excluding carboxylic acids is 3. The van der Waals surface area contributed by atoms with Crippen molar-refractivity contribution in [2.45, 2.75) is 39.3 Å². The van der Waals surface area contributed by atoms with E-state index >= 15 is 0 Å².